The van der Waals surface area contributed by atoms with Crippen molar-refractivity contribution in [2.75, 3.05) is 32.1 Å². The van der Waals surface area contributed by atoms with Gasteiger partial charge in [-0.25, -0.2) is 8.42 Å². The molecular formula is C27H31N3O6S. The number of carbonyl (C=O) groups excluding carboxylic acids is 2. The fourth-order valence-electron chi connectivity index (χ4n) is 3.77. The van der Waals surface area contributed by atoms with Gasteiger partial charge in [-0.15, -0.1) is 0 Å². The van der Waals surface area contributed by atoms with Crippen molar-refractivity contribution in [3.63, 3.8) is 0 Å². The van der Waals surface area contributed by atoms with E-state index in [9.17, 15) is 18.0 Å². The molecule has 0 saturated heterocycles. The van der Waals surface area contributed by atoms with E-state index in [0.29, 0.717) is 11.5 Å². The van der Waals surface area contributed by atoms with Gasteiger partial charge in [-0.1, -0.05) is 36.4 Å². The average molecular weight is 526 g/mol. The lowest BCUT2D eigenvalue weighted by atomic mass is 10.1. The maximum Gasteiger partial charge on any atom is 0.264 e. The summed E-state index contributed by atoms with van der Waals surface area (Å²) in [7, 11) is 0.359. The van der Waals surface area contributed by atoms with Gasteiger partial charge in [0.2, 0.25) is 11.8 Å². The molecule has 0 aliphatic carbocycles. The zero-order valence-electron chi connectivity index (χ0n) is 21.2. The number of anilines is 1. The van der Waals surface area contributed by atoms with Crippen LogP contribution in [0.25, 0.3) is 0 Å². The van der Waals surface area contributed by atoms with Gasteiger partial charge in [0.15, 0.2) is 0 Å². The van der Waals surface area contributed by atoms with Crippen molar-refractivity contribution in [2.24, 2.45) is 0 Å². The number of hydrogen-bond donors (Lipinski definition) is 1. The normalized spacial score (nSPS) is 11.8. The number of benzene rings is 3. The first kappa shape index (κ1) is 27.5. The van der Waals surface area contributed by atoms with E-state index < -0.39 is 28.5 Å². The Bertz CT molecular complexity index is 1330. The number of ether oxygens (including phenoxy) is 2. The second-order valence-electron chi connectivity index (χ2n) is 8.19. The lowest BCUT2D eigenvalue weighted by Crippen LogP contribution is -2.50. The van der Waals surface area contributed by atoms with Crippen LogP contribution in [0.2, 0.25) is 0 Å². The molecule has 0 radical (unpaired) electrons. The molecule has 3 rings (SSSR count). The summed E-state index contributed by atoms with van der Waals surface area (Å²) in [6.07, 6.45) is 0. The van der Waals surface area contributed by atoms with Crippen molar-refractivity contribution >= 4 is 27.5 Å². The largest absolute Gasteiger partial charge is 0.497 e. The number of amides is 2. The summed E-state index contributed by atoms with van der Waals surface area (Å²) in [5.41, 5.74) is 0.979. The minimum absolute atomic E-state index is 0.0318. The maximum absolute atomic E-state index is 13.8. The summed E-state index contributed by atoms with van der Waals surface area (Å²) in [5, 5.41) is 2.56. The van der Waals surface area contributed by atoms with Crippen LogP contribution >= 0.6 is 0 Å². The fraction of sp³-hybridized carbons (Fsp3) is 0.259. The zero-order valence-corrected chi connectivity index (χ0v) is 22.1. The van der Waals surface area contributed by atoms with Crippen molar-refractivity contribution < 1.29 is 27.5 Å². The fourth-order valence-corrected chi connectivity index (χ4v) is 5.20. The first-order valence-corrected chi connectivity index (χ1v) is 13.0. The molecule has 0 aliphatic rings. The maximum atomic E-state index is 13.8. The van der Waals surface area contributed by atoms with Gasteiger partial charge in [-0.2, -0.15) is 0 Å². The number of nitrogens with one attached hydrogen (secondary N) is 1. The molecule has 2 amide bonds. The number of carbonyl (C=O) groups is 2. The van der Waals surface area contributed by atoms with Crippen LogP contribution in [-0.2, 0) is 26.2 Å². The second-order valence-corrected chi connectivity index (χ2v) is 10.1. The van der Waals surface area contributed by atoms with Crippen LogP contribution < -0.4 is 19.1 Å². The Morgan fingerprint density at radius 3 is 2.14 bits per heavy atom. The molecule has 0 bridgehead atoms. The summed E-state index contributed by atoms with van der Waals surface area (Å²) in [5.74, 6) is 0.101. The number of sulfonamides is 1. The molecule has 37 heavy (non-hydrogen) atoms. The first-order chi connectivity index (χ1) is 17.7. The highest BCUT2D eigenvalue weighted by molar-refractivity contribution is 7.92. The van der Waals surface area contributed by atoms with Crippen molar-refractivity contribution in [3.8, 4) is 11.5 Å². The molecule has 1 N–H and O–H groups in total. The Kier molecular flexibility index (Phi) is 9.13. The Balaban J connectivity index is 2.04. The molecule has 196 valence electrons. The van der Waals surface area contributed by atoms with E-state index in [0.717, 1.165) is 9.87 Å². The average Bonchev–Trinajstić information content (AvgIpc) is 2.94. The van der Waals surface area contributed by atoms with Crippen LogP contribution in [0.3, 0.4) is 0 Å². The molecule has 10 heteroatoms. The van der Waals surface area contributed by atoms with E-state index in [2.05, 4.69) is 5.32 Å². The van der Waals surface area contributed by atoms with Crippen LogP contribution in [0.4, 0.5) is 5.69 Å². The Labute approximate surface area is 217 Å². The standard InChI is InChI=1S/C27H31N3O6S/c1-20(27(32)28-2)29(18-21-10-8-12-23(16-21)35-3)26(31)19-30(22-11-9-13-24(17-22)36-4)37(33,34)25-14-6-5-7-15-25/h5-17,20H,18-19H2,1-4H3,(H,28,32). The van der Waals surface area contributed by atoms with Crippen LogP contribution in [0.15, 0.2) is 83.8 Å². The number of hydrogen-bond acceptors (Lipinski definition) is 6. The molecule has 0 aliphatic heterocycles. The van der Waals surface area contributed by atoms with E-state index in [4.69, 9.17) is 9.47 Å². The van der Waals surface area contributed by atoms with E-state index >= 15 is 0 Å². The minimum Gasteiger partial charge on any atom is -0.497 e. The summed E-state index contributed by atoms with van der Waals surface area (Å²) in [6.45, 7) is 1.14. The molecule has 9 nitrogen and oxygen atoms in total. The monoisotopic (exact) mass is 525 g/mol. The smallest absolute Gasteiger partial charge is 0.264 e. The summed E-state index contributed by atoms with van der Waals surface area (Å²) in [4.78, 5) is 27.7. The number of nitrogens with zero attached hydrogens (tertiary/aromatic N) is 2. The number of likely N-dealkylation sites (N-methyl/N-ethyl adjacent to an activating group) is 1. The molecule has 1 atom stereocenters. The van der Waals surface area contributed by atoms with Gasteiger partial charge in [0.25, 0.3) is 10.0 Å². The predicted octanol–water partition coefficient (Wildman–Crippen LogP) is 3.06. The third kappa shape index (κ3) is 6.59. The lowest BCUT2D eigenvalue weighted by molar-refractivity contribution is -0.139. The van der Waals surface area contributed by atoms with E-state index in [1.54, 1.807) is 73.7 Å². The van der Waals surface area contributed by atoms with Crippen LogP contribution in [-0.4, -0.2) is 59.0 Å². The third-order valence-corrected chi connectivity index (χ3v) is 7.64. The summed E-state index contributed by atoms with van der Waals surface area (Å²) >= 11 is 0. The lowest BCUT2D eigenvalue weighted by Gasteiger charge is -2.32. The Morgan fingerprint density at radius 2 is 1.51 bits per heavy atom. The molecule has 3 aromatic rings. The van der Waals surface area contributed by atoms with Crippen molar-refractivity contribution in [1.82, 2.24) is 10.2 Å². The molecule has 1 unspecified atom stereocenters. The SMILES string of the molecule is CNC(=O)C(C)N(Cc1cccc(OC)c1)C(=O)CN(c1cccc(OC)c1)S(=O)(=O)c1ccccc1. The van der Waals surface area contributed by atoms with Crippen LogP contribution in [0.5, 0.6) is 11.5 Å². The highest BCUT2D eigenvalue weighted by Crippen LogP contribution is 2.27. The first-order valence-electron chi connectivity index (χ1n) is 11.6. The van der Waals surface area contributed by atoms with Crippen molar-refractivity contribution in [1.29, 1.82) is 0 Å². The molecule has 0 saturated carbocycles. The zero-order chi connectivity index (χ0) is 27.0. The van der Waals surface area contributed by atoms with E-state index in [1.165, 1.54) is 38.3 Å². The number of rotatable bonds is 11. The second kappa shape index (κ2) is 12.3. The molecule has 0 heterocycles. The van der Waals surface area contributed by atoms with Crippen LogP contribution in [0, 0.1) is 0 Å². The molecule has 0 aromatic heterocycles. The summed E-state index contributed by atoms with van der Waals surface area (Å²) < 4.78 is 39.0. The molecule has 0 fully saturated rings. The predicted molar refractivity (Wildman–Crippen MR) is 141 cm³/mol. The molecule has 3 aromatic carbocycles. The van der Waals surface area contributed by atoms with Gasteiger partial charge in [-0.3, -0.25) is 13.9 Å². The van der Waals surface area contributed by atoms with Gasteiger partial charge < -0.3 is 19.7 Å². The molecular weight excluding hydrogens is 494 g/mol. The number of methoxy groups -OCH3 is 2. The quantitative estimate of drug-likeness (QED) is 0.413. The van der Waals surface area contributed by atoms with Crippen molar-refractivity contribution in [3.05, 3.63) is 84.4 Å². The Hall–Kier alpha value is -4.05. The van der Waals surface area contributed by atoms with Crippen molar-refractivity contribution in [2.45, 2.75) is 24.4 Å². The van der Waals surface area contributed by atoms with Gasteiger partial charge in [0, 0.05) is 19.7 Å². The Morgan fingerprint density at radius 1 is 0.892 bits per heavy atom. The third-order valence-electron chi connectivity index (χ3n) is 5.85. The van der Waals surface area contributed by atoms with Gasteiger partial charge in [0.05, 0.1) is 24.8 Å². The minimum atomic E-state index is -4.13. The van der Waals surface area contributed by atoms with E-state index in [1.807, 2.05) is 0 Å². The van der Waals surface area contributed by atoms with Crippen LogP contribution in [0.1, 0.15) is 12.5 Å². The summed E-state index contributed by atoms with van der Waals surface area (Å²) in [6, 6.07) is 20.6. The van der Waals surface area contributed by atoms with Gasteiger partial charge in [-0.05, 0) is 48.9 Å². The van der Waals surface area contributed by atoms with E-state index in [-0.39, 0.29) is 23.0 Å². The van der Waals surface area contributed by atoms with Gasteiger partial charge in [0.1, 0.15) is 24.1 Å². The highest BCUT2D eigenvalue weighted by atomic mass is 32.2. The topological polar surface area (TPSA) is 105 Å². The highest BCUT2D eigenvalue weighted by Gasteiger charge is 2.32. The van der Waals surface area contributed by atoms with Gasteiger partial charge >= 0.3 is 0 Å². The molecule has 0 spiro atoms.